The largest absolute Gasteiger partial charge is 0.390 e. The van der Waals surface area contributed by atoms with Crippen LogP contribution in [0.2, 0.25) is 0 Å². The van der Waals surface area contributed by atoms with Crippen molar-refractivity contribution in [3.8, 4) is 0 Å². The number of alkyl halides is 3. The number of rotatable bonds is 5. The fraction of sp³-hybridized carbons (Fsp3) is 0.636. The van der Waals surface area contributed by atoms with Crippen molar-refractivity contribution in [2.75, 3.05) is 24.2 Å². The van der Waals surface area contributed by atoms with Gasteiger partial charge in [-0.25, -0.2) is 9.97 Å². The molecule has 0 saturated heterocycles. The minimum Gasteiger partial charge on any atom is -0.373 e. The Morgan fingerprint density at radius 1 is 1.22 bits per heavy atom. The summed E-state index contributed by atoms with van der Waals surface area (Å²) in [5.41, 5.74) is 0.794. The molecule has 0 aliphatic rings. The summed E-state index contributed by atoms with van der Waals surface area (Å²) in [6.07, 6.45) is -3.72. The molecule has 2 N–H and O–H groups in total. The molecule has 1 heterocycles. The van der Waals surface area contributed by atoms with E-state index < -0.39 is 12.6 Å². The van der Waals surface area contributed by atoms with Crippen molar-refractivity contribution in [1.82, 2.24) is 9.97 Å². The second kappa shape index (κ2) is 5.88. The first-order chi connectivity index (χ1) is 8.35. The SMILES string of the molecule is CNc1ncnc(NCCC(F)(F)F)c1C(C)C. The first kappa shape index (κ1) is 14.5. The fourth-order valence-corrected chi connectivity index (χ4v) is 1.61. The first-order valence-corrected chi connectivity index (χ1v) is 5.68. The van der Waals surface area contributed by atoms with Gasteiger partial charge in [0.15, 0.2) is 0 Å². The van der Waals surface area contributed by atoms with Crippen molar-refractivity contribution in [3.63, 3.8) is 0 Å². The van der Waals surface area contributed by atoms with Crippen LogP contribution >= 0.6 is 0 Å². The standard InChI is InChI=1S/C11H17F3N4/c1-7(2)8-9(15-3)17-6-18-10(8)16-5-4-11(12,13)14/h6-7H,4-5H2,1-3H3,(H2,15,16,17,18). The minimum absolute atomic E-state index is 0.113. The van der Waals surface area contributed by atoms with E-state index in [1.807, 2.05) is 13.8 Å². The van der Waals surface area contributed by atoms with Gasteiger partial charge < -0.3 is 10.6 Å². The van der Waals surface area contributed by atoms with Gasteiger partial charge >= 0.3 is 6.18 Å². The third-order valence-electron chi connectivity index (χ3n) is 2.40. The van der Waals surface area contributed by atoms with Crippen LogP contribution in [0.4, 0.5) is 24.8 Å². The molecule has 0 aliphatic carbocycles. The Bertz CT molecular complexity index is 390. The zero-order chi connectivity index (χ0) is 13.8. The van der Waals surface area contributed by atoms with E-state index in [1.165, 1.54) is 6.33 Å². The third kappa shape index (κ3) is 4.05. The number of anilines is 2. The Balaban J connectivity index is 2.82. The number of halogens is 3. The lowest BCUT2D eigenvalue weighted by Gasteiger charge is -2.16. The van der Waals surface area contributed by atoms with Gasteiger partial charge in [-0.1, -0.05) is 13.8 Å². The van der Waals surface area contributed by atoms with E-state index in [0.717, 1.165) is 5.56 Å². The number of nitrogens with zero attached hydrogens (tertiary/aromatic N) is 2. The average Bonchev–Trinajstić information content (AvgIpc) is 2.26. The van der Waals surface area contributed by atoms with Gasteiger partial charge in [-0.15, -0.1) is 0 Å². The quantitative estimate of drug-likeness (QED) is 0.856. The molecule has 0 bridgehead atoms. The van der Waals surface area contributed by atoms with Gasteiger partial charge in [-0.05, 0) is 5.92 Å². The van der Waals surface area contributed by atoms with E-state index in [-0.39, 0.29) is 12.5 Å². The average molecular weight is 262 g/mol. The van der Waals surface area contributed by atoms with Gasteiger partial charge in [0.1, 0.15) is 18.0 Å². The molecular weight excluding hydrogens is 245 g/mol. The summed E-state index contributed by atoms with van der Waals surface area (Å²) in [6, 6.07) is 0. The maximum absolute atomic E-state index is 12.1. The van der Waals surface area contributed by atoms with Gasteiger partial charge in [0, 0.05) is 19.2 Å². The summed E-state index contributed by atoms with van der Waals surface area (Å²) in [6.45, 7) is 3.69. The predicted octanol–water partition coefficient (Wildman–Crippen LogP) is 3.01. The summed E-state index contributed by atoms with van der Waals surface area (Å²) in [7, 11) is 1.72. The van der Waals surface area contributed by atoms with Crippen molar-refractivity contribution in [3.05, 3.63) is 11.9 Å². The van der Waals surface area contributed by atoms with Gasteiger partial charge in [0.05, 0.1) is 6.42 Å². The summed E-state index contributed by atoms with van der Waals surface area (Å²) >= 11 is 0. The molecule has 7 heteroatoms. The van der Waals surface area contributed by atoms with E-state index >= 15 is 0 Å². The molecule has 1 aromatic heterocycles. The Morgan fingerprint density at radius 2 is 1.83 bits per heavy atom. The summed E-state index contributed by atoms with van der Waals surface area (Å²) in [5, 5.41) is 5.63. The molecule has 4 nitrogen and oxygen atoms in total. The zero-order valence-electron chi connectivity index (χ0n) is 10.6. The van der Waals surface area contributed by atoms with Gasteiger partial charge in [0.2, 0.25) is 0 Å². The second-order valence-electron chi connectivity index (χ2n) is 4.18. The lowest BCUT2D eigenvalue weighted by Crippen LogP contribution is -2.17. The molecule has 0 aliphatic heterocycles. The number of hydrogen-bond donors (Lipinski definition) is 2. The summed E-state index contributed by atoms with van der Waals surface area (Å²) < 4.78 is 36.2. The highest BCUT2D eigenvalue weighted by atomic mass is 19.4. The normalized spacial score (nSPS) is 11.7. The molecule has 18 heavy (non-hydrogen) atoms. The van der Waals surface area contributed by atoms with E-state index in [9.17, 15) is 13.2 Å². The van der Waals surface area contributed by atoms with Gasteiger partial charge in [0.25, 0.3) is 0 Å². The van der Waals surface area contributed by atoms with Crippen LogP contribution in [-0.4, -0.2) is 29.7 Å². The van der Waals surface area contributed by atoms with Crippen molar-refractivity contribution in [1.29, 1.82) is 0 Å². The van der Waals surface area contributed by atoms with Crippen LogP contribution in [0.5, 0.6) is 0 Å². The monoisotopic (exact) mass is 262 g/mol. The molecule has 0 aromatic carbocycles. The maximum Gasteiger partial charge on any atom is 0.390 e. The molecule has 1 aromatic rings. The molecule has 0 unspecified atom stereocenters. The number of nitrogens with one attached hydrogen (secondary N) is 2. The van der Waals surface area contributed by atoms with Crippen LogP contribution in [0.15, 0.2) is 6.33 Å². The van der Waals surface area contributed by atoms with Crippen LogP contribution in [0.3, 0.4) is 0 Å². The van der Waals surface area contributed by atoms with Crippen molar-refractivity contribution in [2.24, 2.45) is 0 Å². The molecule has 102 valence electrons. The highest BCUT2D eigenvalue weighted by molar-refractivity contribution is 5.58. The fourth-order valence-electron chi connectivity index (χ4n) is 1.61. The van der Waals surface area contributed by atoms with Gasteiger partial charge in [-0.2, -0.15) is 13.2 Å². The van der Waals surface area contributed by atoms with E-state index in [0.29, 0.717) is 11.6 Å². The molecular formula is C11H17F3N4. The zero-order valence-corrected chi connectivity index (χ0v) is 10.6. The van der Waals surface area contributed by atoms with E-state index in [4.69, 9.17) is 0 Å². The van der Waals surface area contributed by atoms with Crippen LogP contribution in [0.25, 0.3) is 0 Å². The smallest absolute Gasteiger partial charge is 0.373 e. The van der Waals surface area contributed by atoms with Crippen LogP contribution < -0.4 is 10.6 Å². The molecule has 1 rings (SSSR count). The lowest BCUT2D eigenvalue weighted by atomic mass is 10.0. The highest BCUT2D eigenvalue weighted by Gasteiger charge is 2.26. The molecule has 0 fully saturated rings. The predicted molar refractivity (Wildman–Crippen MR) is 64.8 cm³/mol. The summed E-state index contributed by atoms with van der Waals surface area (Å²) in [5.74, 6) is 1.20. The molecule has 0 saturated carbocycles. The molecule has 0 amide bonds. The Morgan fingerprint density at radius 3 is 2.33 bits per heavy atom. The molecule has 0 atom stereocenters. The molecule has 0 spiro atoms. The number of hydrogen-bond acceptors (Lipinski definition) is 4. The lowest BCUT2D eigenvalue weighted by molar-refractivity contribution is -0.131. The van der Waals surface area contributed by atoms with E-state index in [1.54, 1.807) is 7.05 Å². The second-order valence-corrected chi connectivity index (χ2v) is 4.18. The first-order valence-electron chi connectivity index (χ1n) is 5.68. The Labute approximate surface area is 104 Å². The summed E-state index contributed by atoms with van der Waals surface area (Å²) in [4.78, 5) is 8.05. The molecule has 0 radical (unpaired) electrons. The van der Waals surface area contributed by atoms with Crippen LogP contribution in [-0.2, 0) is 0 Å². The topological polar surface area (TPSA) is 49.8 Å². The van der Waals surface area contributed by atoms with Crippen LogP contribution in [0, 0.1) is 0 Å². The van der Waals surface area contributed by atoms with Crippen molar-refractivity contribution < 1.29 is 13.2 Å². The maximum atomic E-state index is 12.1. The Hall–Kier alpha value is -1.53. The highest BCUT2D eigenvalue weighted by Crippen LogP contribution is 2.28. The van der Waals surface area contributed by atoms with E-state index in [2.05, 4.69) is 20.6 Å². The van der Waals surface area contributed by atoms with Gasteiger partial charge in [-0.3, -0.25) is 0 Å². The van der Waals surface area contributed by atoms with Crippen LogP contribution in [0.1, 0.15) is 31.7 Å². The minimum atomic E-state index is -4.16. The number of aromatic nitrogens is 2. The van der Waals surface area contributed by atoms with Crippen molar-refractivity contribution >= 4 is 11.6 Å². The third-order valence-corrected chi connectivity index (χ3v) is 2.40. The Kier molecular flexibility index (Phi) is 4.75. The van der Waals surface area contributed by atoms with Crippen molar-refractivity contribution in [2.45, 2.75) is 32.4 Å².